The summed E-state index contributed by atoms with van der Waals surface area (Å²) in [5, 5.41) is 0. The fourth-order valence-electron chi connectivity index (χ4n) is 1.53. The molecule has 0 aromatic heterocycles. The summed E-state index contributed by atoms with van der Waals surface area (Å²) in [6.45, 7) is 2.02. The van der Waals surface area contributed by atoms with E-state index in [1.165, 1.54) is 5.56 Å². The number of rotatable bonds is 3. The van der Waals surface area contributed by atoms with Crippen LogP contribution in [0, 0.1) is 6.92 Å². The number of hydrogen-bond acceptors (Lipinski definition) is 2. The van der Waals surface area contributed by atoms with Crippen molar-refractivity contribution in [3.05, 3.63) is 65.7 Å². The highest BCUT2D eigenvalue weighted by atomic mass is 16.5. The molecule has 0 unspecified atom stereocenters. The lowest BCUT2D eigenvalue weighted by Crippen LogP contribution is -2.11. The van der Waals surface area contributed by atoms with Gasteiger partial charge in [0.25, 0.3) is 0 Å². The van der Waals surface area contributed by atoms with E-state index in [2.05, 4.69) is 0 Å². The van der Waals surface area contributed by atoms with Gasteiger partial charge >= 0.3 is 5.97 Å². The van der Waals surface area contributed by atoms with Crippen molar-refractivity contribution in [3.8, 4) is 5.75 Å². The fraction of sp³-hybridized carbons (Fsp3) is 0.133. The molecule has 0 saturated carbocycles. The number of para-hydroxylation sites is 1. The van der Waals surface area contributed by atoms with Crippen molar-refractivity contribution in [3.63, 3.8) is 0 Å². The van der Waals surface area contributed by atoms with Gasteiger partial charge in [0.15, 0.2) is 0 Å². The topological polar surface area (TPSA) is 26.3 Å². The first-order valence-corrected chi connectivity index (χ1v) is 5.55. The smallest absolute Gasteiger partial charge is 0.315 e. The highest BCUT2D eigenvalue weighted by Gasteiger charge is 2.05. The molecule has 0 aliphatic carbocycles. The molecule has 2 nitrogen and oxygen atoms in total. The summed E-state index contributed by atoms with van der Waals surface area (Å²) < 4.78 is 5.21. The molecule has 0 fully saturated rings. The normalized spacial score (nSPS) is 9.94. The minimum absolute atomic E-state index is 0.236. The van der Waals surface area contributed by atoms with Crippen molar-refractivity contribution in [2.75, 3.05) is 0 Å². The lowest BCUT2D eigenvalue weighted by Gasteiger charge is -2.04. The van der Waals surface area contributed by atoms with Gasteiger partial charge in [-0.15, -0.1) is 0 Å². The molecule has 0 radical (unpaired) electrons. The van der Waals surface area contributed by atoms with Crippen LogP contribution in [0.3, 0.4) is 0 Å². The van der Waals surface area contributed by atoms with Crippen molar-refractivity contribution in [1.29, 1.82) is 0 Å². The summed E-state index contributed by atoms with van der Waals surface area (Å²) in [4.78, 5) is 11.6. The predicted octanol–water partition coefficient (Wildman–Crippen LogP) is 3.14. The molecule has 17 heavy (non-hydrogen) atoms. The number of benzene rings is 2. The molecule has 0 bridgehead atoms. The minimum Gasteiger partial charge on any atom is -0.426 e. The summed E-state index contributed by atoms with van der Waals surface area (Å²) in [6, 6.07) is 17.0. The van der Waals surface area contributed by atoms with Crippen molar-refractivity contribution >= 4 is 5.97 Å². The van der Waals surface area contributed by atoms with Crippen LogP contribution in [0.4, 0.5) is 0 Å². The molecular weight excluding hydrogens is 212 g/mol. The van der Waals surface area contributed by atoms with Gasteiger partial charge < -0.3 is 4.74 Å². The van der Waals surface area contributed by atoms with Crippen molar-refractivity contribution < 1.29 is 9.53 Å². The largest absolute Gasteiger partial charge is 0.426 e. The summed E-state index contributed by atoms with van der Waals surface area (Å²) in [5.41, 5.74) is 2.15. The van der Waals surface area contributed by atoms with E-state index in [0.717, 1.165) is 5.56 Å². The van der Waals surface area contributed by atoms with Crippen LogP contribution < -0.4 is 4.74 Å². The third-order valence-electron chi connectivity index (χ3n) is 2.44. The molecule has 0 heterocycles. The molecule has 2 aromatic rings. The Kier molecular flexibility index (Phi) is 3.55. The molecule has 2 heteroatoms. The second-order valence-corrected chi connectivity index (χ2v) is 3.95. The summed E-state index contributed by atoms with van der Waals surface area (Å²) in [7, 11) is 0. The Morgan fingerprint density at radius 1 is 1.00 bits per heavy atom. The molecule has 0 aliphatic rings. The van der Waals surface area contributed by atoms with Crippen LogP contribution in [0.15, 0.2) is 54.6 Å². The van der Waals surface area contributed by atoms with Crippen LogP contribution in [0.5, 0.6) is 5.75 Å². The number of ether oxygens (including phenoxy) is 1. The van der Waals surface area contributed by atoms with E-state index in [-0.39, 0.29) is 5.97 Å². The molecule has 0 amide bonds. The second kappa shape index (κ2) is 5.30. The predicted molar refractivity (Wildman–Crippen MR) is 67.0 cm³/mol. The van der Waals surface area contributed by atoms with Crippen molar-refractivity contribution in [2.45, 2.75) is 13.3 Å². The first-order valence-electron chi connectivity index (χ1n) is 5.55. The second-order valence-electron chi connectivity index (χ2n) is 3.95. The zero-order valence-electron chi connectivity index (χ0n) is 9.72. The van der Waals surface area contributed by atoms with Gasteiger partial charge in [0.2, 0.25) is 0 Å². The standard InChI is InChI=1S/C15H14O2/c1-12-7-9-13(10-8-12)11-15(16)17-14-5-3-2-4-6-14/h2-10H,11H2,1H3. The summed E-state index contributed by atoms with van der Waals surface area (Å²) >= 11 is 0. The Morgan fingerprint density at radius 3 is 2.29 bits per heavy atom. The molecule has 0 saturated heterocycles. The molecule has 2 aromatic carbocycles. The number of carbonyl (C=O) groups excluding carboxylic acids is 1. The Bertz CT molecular complexity index is 486. The van der Waals surface area contributed by atoms with Gasteiger partial charge in [-0.05, 0) is 24.6 Å². The zero-order chi connectivity index (χ0) is 12.1. The van der Waals surface area contributed by atoms with Gasteiger partial charge in [0.05, 0.1) is 6.42 Å². The van der Waals surface area contributed by atoms with Crippen LogP contribution in [-0.2, 0) is 11.2 Å². The van der Waals surface area contributed by atoms with Gasteiger partial charge in [-0.25, -0.2) is 0 Å². The van der Waals surface area contributed by atoms with Crippen LogP contribution >= 0.6 is 0 Å². The Morgan fingerprint density at radius 2 is 1.65 bits per heavy atom. The lowest BCUT2D eigenvalue weighted by atomic mass is 10.1. The average molecular weight is 226 g/mol. The number of hydrogen-bond donors (Lipinski definition) is 0. The number of aryl methyl sites for hydroxylation is 1. The van der Waals surface area contributed by atoms with Gasteiger partial charge in [-0.3, -0.25) is 4.79 Å². The Hall–Kier alpha value is -2.09. The van der Waals surface area contributed by atoms with Crippen LogP contribution in [0.2, 0.25) is 0 Å². The van der Waals surface area contributed by atoms with E-state index < -0.39 is 0 Å². The molecule has 86 valence electrons. The van der Waals surface area contributed by atoms with Crippen molar-refractivity contribution in [2.24, 2.45) is 0 Å². The maximum atomic E-state index is 11.6. The molecular formula is C15H14O2. The molecule has 0 atom stereocenters. The van der Waals surface area contributed by atoms with Crippen molar-refractivity contribution in [1.82, 2.24) is 0 Å². The van der Waals surface area contributed by atoms with Crippen LogP contribution in [0.25, 0.3) is 0 Å². The molecule has 0 spiro atoms. The summed E-state index contributed by atoms with van der Waals surface area (Å²) in [6.07, 6.45) is 0.301. The first kappa shape index (κ1) is 11.4. The fourth-order valence-corrected chi connectivity index (χ4v) is 1.53. The van der Waals surface area contributed by atoms with E-state index in [1.54, 1.807) is 12.1 Å². The number of carbonyl (C=O) groups is 1. The van der Waals surface area contributed by atoms with E-state index in [4.69, 9.17) is 4.74 Å². The highest BCUT2D eigenvalue weighted by molar-refractivity contribution is 5.75. The maximum Gasteiger partial charge on any atom is 0.315 e. The monoisotopic (exact) mass is 226 g/mol. The molecule has 2 rings (SSSR count). The SMILES string of the molecule is Cc1ccc(CC(=O)Oc2ccccc2)cc1. The van der Waals surface area contributed by atoms with Gasteiger partial charge in [-0.1, -0.05) is 48.0 Å². The zero-order valence-corrected chi connectivity index (χ0v) is 9.72. The van der Waals surface area contributed by atoms with E-state index in [0.29, 0.717) is 12.2 Å². The highest BCUT2D eigenvalue weighted by Crippen LogP contribution is 2.10. The molecule has 0 aliphatic heterocycles. The third-order valence-corrected chi connectivity index (χ3v) is 2.44. The van der Waals surface area contributed by atoms with Crippen LogP contribution in [-0.4, -0.2) is 5.97 Å². The van der Waals surface area contributed by atoms with Gasteiger partial charge in [-0.2, -0.15) is 0 Å². The first-order chi connectivity index (χ1) is 8.24. The Labute approximate surface area is 101 Å². The van der Waals surface area contributed by atoms with E-state index >= 15 is 0 Å². The maximum absolute atomic E-state index is 11.6. The Balaban J connectivity index is 1.96. The van der Waals surface area contributed by atoms with Gasteiger partial charge in [0.1, 0.15) is 5.75 Å². The quantitative estimate of drug-likeness (QED) is 0.593. The van der Waals surface area contributed by atoms with E-state index in [9.17, 15) is 4.79 Å². The minimum atomic E-state index is -0.236. The average Bonchev–Trinajstić information content (AvgIpc) is 2.33. The number of esters is 1. The van der Waals surface area contributed by atoms with Gasteiger partial charge in [0, 0.05) is 0 Å². The third kappa shape index (κ3) is 3.45. The lowest BCUT2D eigenvalue weighted by molar-refractivity contribution is -0.133. The molecule has 0 N–H and O–H groups in total. The summed E-state index contributed by atoms with van der Waals surface area (Å²) in [5.74, 6) is 0.352. The van der Waals surface area contributed by atoms with E-state index in [1.807, 2.05) is 49.4 Å². The van der Waals surface area contributed by atoms with Crippen LogP contribution in [0.1, 0.15) is 11.1 Å².